The van der Waals surface area contributed by atoms with Crippen molar-refractivity contribution in [3.63, 3.8) is 0 Å². The Bertz CT molecular complexity index is 975. The molecular formula is C20H21N3O5S. The topological polar surface area (TPSA) is 95.7 Å². The van der Waals surface area contributed by atoms with Gasteiger partial charge in [-0.1, -0.05) is 11.8 Å². The van der Waals surface area contributed by atoms with Crippen LogP contribution in [-0.4, -0.2) is 42.7 Å². The molecule has 3 rings (SSSR count). The Morgan fingerprint density at radius 2 is 1.72 bits per heavy atom. The fourth-order valence-electron chi connectivity index (χ4n) is 2.47. The monoisotopic (exact) mass is 415 g/mol. The minimum Gasteiger partial charge on any atom is -0.497 e. The third-order valence-electron chi connectivity index (χ3n) is 4.04. The van der Waals surface area contributed by atoms with Gasteiger partial charge in [-0.05, 0) is 43.3 Å². The van der Waals surface area contributed by atoms with Gasteiger partial charge in [-0.25, -0.2) is 0 Å². The molecule has 1 N–H and O–H groups in total. The van der Waals surface area contributed by atoms with E-state index in [0.29, 0.717) is 28.3 Å². The van der Waals surface area contributed by atoms with E-state index < -0.39 is 5.25 Å². The highest BCUT2D eigenvalue weighted by molar-refractivity contribution is 8.00. The van der Waals surface area contributed by atoms with Crippen molar-refractivity contribution in [2.75, 3.05) is 26.6 Å². The van der Waals surface area contributed by atoms with Crippen LogP contribution in [0.1, 0.15) is 6.92 Å². The van der Waals surface area contributed by atoms with Crippen LogP contribution in [0.25, 0.3) is 11.5 Å². The Morgan fingerprint density at radius 1 is 1.00 bits per heavy atom. The fraction of sp³-hybridized carbons (Fsp3) is 0.250. The largest absolute Gasteiger partial charge is 0.497 e. The van der Waals surface area contributed by atoms with Gasteiger partial charge in [0.1, 0.15) is 5.75 Å². The van der Waals surface area contributed by atoms with Crippen LogP contribution in [0.15, 0.2) is 52.1 Å². The zero-order chi connectivity index (χ0) is 20.8. The van der Waals surface area contributed by atoms with E-state index in [1.165, 1.54) is 18.9 Å². The Balaban J connectivity index is 1.63. The second-order valence-electron chi connectivity index (χ2n) is 5.92. The van der Waals surface area contributed by atoms with Crippen molar-refractivity contribution in [2.45, 2.75) is 17.4 Å². The molecule has 1 atom stereocenters. The SMILES string of the molecule is COc1ccc(-c2nnc(S[C@@H](C)C(=O)Nc3ccc(OC)c(OC)c3)o2)cc1. The number of carbonyl (C=O) groups is 1. The summed E-state index contributed by atoms with van der Waals surface area (Å²) in [6, 6.07) is 12.4. The molecule has 152 valence electrons. The van der Waals surface area contributed by atoms with Gasteiger partial charge in [0.25, 0.3) is 5.22 Å². The van der Waals surface area contributed by atoms with Gasteiger partial charge in [-0.2, -0.15) is 0 Å². The second kappa shape index (κ2) is 9.33. The summed E-state index contributed by atoms with van der Waals surface area (Å²) in [4.78, 5) is 12.5. The summed E-state index contributed by atoms with van der Waals surface area (Å²) < 4.78 is 21.2. The molecule has 1 amide bonds. The highest BCUT2D eigenvalue weighted by Gasteiger charge is 2.19. The lowest BCUT2D eigenvalue weighted by Crippen LogP contribution is -2.22. The van der Waals surface area contributed by atoms with Crippen LogP contribution in [0.5, 0.6) is 17.2 Å². The molecule has 0 bridgehead atoms. The maximum absolute atomic E-state index is 12.5. The Hall–Kier alpha value is -3.20. The molecule has 8 nitrogen and oxygen atoms in total. The van der Waals surface area contributed by atoms with Gasteiger partial charge < -0.3 is 23.9 Å². The van der Waals surface area contributed by atoms with Crippen LogP contribution in [-0.2, 0) is 4.79 Å². The summed E-state index contributed by atoms with van der Waals surface area (Å²) in [5, 5.41) is 10.8. The number of aromatic nitrogens is 2. The van der Waals surface area contributed by atoms with E-state index >= 15 is 0 Å². The number of nitrogens with one attached hydrogen (secondary N) is 1. The molecule has 0 spiro atoms. The van der Waals surface area contributed by atoms with Gasteiger partial charge in [0, 0.05) is 17.3 Å². The van der Waals surface area contributed by atoms with Crippen molar-refractivity contribution < 1.29 is 23.4 Å². The average Bonchev–Trinajstić information content (AvgIpc) is 3.22. The molecule has 2 aromatic carbocycles. The number of nitrogens with zero attached hydrogens (tertiary/aromatic N) is 2. The molecule has 0 saturated heterocycles. The summed E-state index contributed by atoms with van der Waals surface area (Å²) in [5.41, 5.74) is 1.37. The van der Waals surface area contributed by atoms with Gasteiger partial charge in [0.15, 0.2) is 11.5 Å². The number of hydrogen-bond acceptors (Lipinski definition) is 8. The summed E-state index contributed by atoms with van der Waals surface area (Å²) in [5.74, 6) is 2.04. The number of benzene rings is 2. The van der Waals surface area contributed by atoms with Crippen molar-refractivity contribution in [3.8, 4) is 28.7 Å². The molecule has 29 heavy (non-hydrogen) atoms. The van der Waals surface area contributed by atoms with Crippen LogP contribution in [0.3, 0.4) is 0 Å². The van der Waals surface area contributed by atoms with Gasteiger partial charge in [-0.3, -0.25) is 4.79 Å². The highest BCUT2D eigenvalue weighted by atomic mass is 32.2. The number of anilines is 1. The second-order valence-corrected chi connectivity index (χ2v) is 7.21. The predicted molar refractivity (Wildman–Crippen MR) is 110 cm³/mol. The molecule has 0 aliphatic carbocycles. The average molecular weight is 415 g/mol. The van der Waals surface area contributed by atoms with Crippen molar-refractivity contribution in [1.82, 2.24) is 10.2 Å². The van der Waals surface area contributed by atoms with E-state index in [0.717, 1.165) is 11.3 Å². The first-order valence-electron chi connectivity index (χ1n) is 8.71. The van der Waals surface area contributed by atoms with Crippen molar-refractivity contribution in [1.29, 1.82) is 0 Å². The number of rotatable bonds is 8. The third-order valence-corrected chi connectivity index (χ3v) is 4.98. The number of thioether (sulfide) groups is 1. The summed E-state index contributed by atoms with van der Waals surface area (Å²) in [7, 11) is 4.70. The zero-order valence-electron chi connectivity index (χ0n) is 16.5. The summed E-state index contributed by atoms with van der Waals surface area (Å²) in [6.45, 7) is 1.76. The Kier molecular flexibility index (Phi) is 6.61. The Morgan fingerprint density at radius 3 is 2.38 bits per heavy atom. The maximum Gasteiger partial charge on any atom is 0.277 e. The molecule has 0 aliphatic rings. The van der Waals surface area contributed by atoms with E-state index in [1.54, 1.807) is 39.3 Å². The lowest BCUT2D eigenvalue weighted by atomic mass is 10.2. The number of carbonyl (C=O) groups excluding carboxylic acids is 1. The fourth-order valence-corrected chi connectivity index (χ4v) is 3.15. The van der Waals surface area contributed by atoms with E-state index in [-0.39, 0.29) is 5.91 Å². The van der Waals surface area contributed by atoms with E-state index in [1.807, 2.05) is 24.3 Å². The standard InChI is InChI=1S/C20H21N3O5S/c1-12(18(24)21-14-7-10-16(26-3)17(11-14)27-4)29-20-23-22-19(28-20)13-5-8-15(25-2)9-6-13/h5-12H,1-4H3,(H,21,24)/t12-/m0/s1. The van der Waals surface area contributed by atoms with E-state index in [4.69, 9.17) is 18.6 Å². The molecular weight excluding hydrogens is 394 g/mol. The van der Waals surface area contributed by atoms with E-state index in [9.17, 15) is 4.79 Å². The first-order chi connectivity index (χ1) is 14.0. The molecule has 3 aromatic rings. The highest BCUT2D eigenvalue weighted by Crippen LogP contribution is 2.31. The van der Waals surface area contributed by atoms with Crippen LogP contribution in [0.4, 0.5) is 5.69 Å². The number of hydrogen-bond donors (Lipinski definition) is 1. The van der Waals surface area contributed by atoms with Gasteiger partial charge >= 0.3 is 0 Å². The zero-order valence-corrected chi connectivity index (χ0v) is 17.3. The van der Waals surface area contributed by atoms with Crippen LogP contribution in [0.2, 0.25) is 0 Å². The van der Waals surface area contributed by atoms with Crippen molar-refractivity contribution in [2.24, 2.45) is 0 Å². The maximum atomic E-state index is 12.5. The number of amides is 1. The molecule has 0 saturated carbocycles. The van der Waals surface area contributed by atoms with Crippen LogP contribution >= 0.6 is 11.8 Å². The summed E-state index contributed by atoms with van der Waals surface area (Å²) in [6.07, 6.45) is 0. The van der Waals surface area contributed by atoms with E-state index in [2.05, 4.69) is 15.5 Å². The van der Waals surface area contributed by atoms with Crippen LogP contribution < -0.4 is 19.5 Å². The molecule has 1 aromatic heterocycles. The molecule has 0 unspecified atom stereocenters. The first-order valence-corrected chi connectivity index (χ1v) is 9.59. The summed E-state index contributed by atoms with van der Waals surface area (Å²) >= 11 is 1.18. The molecule has 0 fully saturated rings. The number of ether oxygens (including phenoxy) is 3. The smallest absolute Gasteiger partial charge is 0.277 e. The molecule has 0 radical (unpaired) electrons. The third kappa shape index (κ3) is 5.00. The lowest BCUT2D eigenvalue weighted by Gasteiger charge is -2.12. The molecule has 0 aliphatic heterocycles. The van der Waals surface area contributed by atoms with Gasteiger partial charge in [0.2, 0.25) is 11.8 Å². The van der Waals surface area contributed by atoms with Gasteiger partial charge in [-0.15, -0.1) is 10.2 Å². The predicted octanol–water partition coefficient (Wildman–Crippen LogP) is 3.88. The van der Waals surface area contributed by atoms with Crippen LogP contribution in [0, 0.1) is 0 Å². The minimum absolute atomic E-state index is 0.202. The lowest BCUT2D eigenvalue weighted by molar-refractivity contribution is -0.115. The minimum atomic E-state index is -0.452. The first kappa shape index (κ1) is 20.5. The Labute approximate surface area is 172 Å². The molecule has 1 heterocycles. The van der Waals surface area contributed by atoms with Crippen molar-refractivity contribution in [3.05, 3.63) is 42.5 Å². The normalized spacial score (nSPS) is 11.6. The van der Waals surface area contributed by atoms with Crippen molar-refractivity contribution >= 4 is 23.4 Å². The number of methoxy groups -OCH3 is 3. The quantitative estimate of drug-likeness (QED) is 0.554. The van der Waals surface area contributed by atoms with Gasteiger partial charge in [0.05, 0.1) is 26.6 Å². The molecule has 9 heteroatoms.